The number of ketones is 1. The van der Waals surface area contributed by atoms with Crippen LogP contribution in [0.3, 0.4) is 0 Å². The van der Waals surface area contributed by atoms with Gasteiger partial charge in [-0.15, -0.1) is 0 Å². The Labute approximate surface area is 185 Å². The Morgan fingerprint density at radius 3 is 2.06 bits per heavy atom. The van der Waals surface area contributed by atoms with Crippen LogP contribution in [0.5, 0.6) is 5.75 Å². The number of phenolic OH excluding ortho intramolecular Hbond substituents is 1. The molecule has 0 saturated carbocycles. The number of hydrogen-bond acceptors (Lipinski definition) is 5. The standard InChI is InChI=1S/C26H34N2O3/c1-24(2,3)16-9-14(10-17(22(16)30)25(4,5)6)20-15(13-27)23(28)31-19-12-26(7,8)11-18(29)21(19)20/h9-10,20,30H,11-12,28H2,1-8H3/t20-/m1/s1. The van der Waals surface area contributed by atoms with Crippen molar-refractivity contribution in [3.05, 3.63) is 51.6 Å². The Morgan fingerprint density at radius 1 is 1.10 bits per heavy atom. The van der Waals surface area contributed by atoms with Crippen molar-refractivity contribution in [3.8, 4) is 11.8 Å². The first-order valence-electron chi connectivity index (χ1n) is 10.8. The minimum Gasteiger partial charge on any atom is -0.507 e. The van der Waals surface area contributed by atoms with E-state index in [-0.39, 0.29) is 39.2 Å². The number of nitriles is 1. The lowest BCUT2D eigenvalue weighted by atomic mass is 9.69. The first kappa shape index (κ1) is 22.9. The van der Waals surface area contributed by atoms with Crippen LogP contribution < -0.4 is 5.73 Å². The average molecular weight is 423 g/mol. The first-order valence-corrected chi connectivity index (χ1v) is 10.8. The molecule has 5 nitrogen and oxygen atoms in total. The van der Waals surface area contributed by atoms with Gasteiger partial charge in [-0.2, -0.15) is 5.26 Å². The number of nitrogens with two attached hydrogens (primary N) is 1. The second-order valence-corrected chi connectivity index (χ2v) is 11.7. The lowest BCUT2D eigenvalue weighted by molar-refractivity contribution is -0.119. The molecule has 0 aromatic heterocycles. The van der Waals surface area contributed by atoms with Crippen LogP contribution in [-0.2, 0) is 20.4 Å². The molecule has 166 valence electrons. The number of phenols is 1. The molecule has 1 heterocycles. The number of allylic oxidation sites excluding steroid dienone is 3. The van der Waals surface area contributed by atoms with E-state index in [0.717, 1.165) is 16.7 Å². The Bertz CT molecular complexity index is 1020. The van der Waals surface area contributed by atoms with Crippen molar-refractivity contribution in [1.29, 1.82) is 5.26 Å². The van der Waals surface area contributed by atoms with Gasteiger partial charge in [0.05, 0.1) is 5.92 Å². The summed E-state index contributed by atoms with van der Waals surface area (Å²) in [6.45, 7) is 16.3. The molecule has 0 amide bonds. The van der Waals surface area contributed by atoms with Gasteiger partial charge in [0.15, 0.2) is 5.78 Å². The van der Waals surface area contributed by atoms with E-state index in [1.807, 2.05) is 67.5 Å². The summed E-state index contributed by atoms with van der Waals surface area (Å²) < 4.78 is 5.81. The van der Waals surface area contributed by atoms with Crippen molar-refractivity contribution in [2.45, 2.75) is 85.0 Å². The normalized spacial score (nSPS) is 21.5. The third kappa shape index (κ3) is 4.08. The first-order chi connectivity index (χ1) is 14.1. The number of hydrogen-bond donors (Lipinski definition) is 2. The minimum atomic E-state index is -0.597. The third-order valence-electron chi connectivity index (χ3n) is 6.16. The molecule has 0 spiro atoms. The van der Waals surface area contributed by atoms with E-state index < -0.39 is 5.92 Å². The molecule has 0 unspecified atom stereocenters. The van der Waals surface area contributed by atoms with Crippen LogP contribution in [0.2, 0.25) is 0 Å². The van der Waals surface area contributed by atoms with Gasteiger partial charge in [-0.1, -0.05) is 67.5 Å². The number of rotatable bonds is 1. The predicted molar refractivity (Wildman–Crippen MR) is 121 cm³/mol. The fourth-order valence-corrected chi connectivity index (χ4v) is 4.58. The molecule has 2 aliphatic rings. The van der Waals surface area contributed by atoms with Crippen LogP contribution in [0.4, 0.5) is 0 Å². The van der Waals surface area contributed by atoms with E-state index in [1.165, 1.54) is 0 Å². The SMILES string of the molecule is CC1(C)CC(=O)C2=C(C1)OC(N)=C(C#N)[C@H]2c1cc(C(C)(C)C)c(O)c(C(C)(C)C)c1. The van der Waals surface area contributed by atoms with Gasteiger partial charge in [0, 0.05) is 18.4 Å². The fourth-order valence-electron chi connectivity index (χ4n) is 4.58. The Morgan fingerprint density at radius 2 is 1.61 bits per heavy atom. The summed E-state index contributed by atoms with van der Waals surface area (Å²) in [6, 6.07) is 6.03. The largest absolute Gasteiger partial charge is 0.507 e. The highest BCUT2D eigenvalue weighted by Crippen LogP contribution is 2.50. The number of carbonyl (C=O) groups is 1. The van der Waals surface area contributed by atoms with Crippen LogP contribution in [0.15, 0.2) is 34.9 Å². The molecule has 1 aromatic carbocycles. The summed E-state index contributed by atoms with van der Waals surface area (Å²) >= 11 is 0. The fraction of sp³-hybridized carbons (Fsp3) is 0.538. The lowest BCUT2D eigenvalue weighted by Gasteiger charge is -2.38. The van der Waals surface area contributed by atoms with E-state index >= 15 is 0 Å². The highest BCUT2D eigenvalue weighted by molar-refractivity contribution is 6.00. The van der Waals surface area contributed by atoms with Gasteiger partial charge >= 0.3 is 0 Å². The number of aromatic hydroxyl groups is 1. The smallest absolute Gasteiger partial charge is 0.205 e. The topological polar surface area (TPSA) is 96.3 Å². The van der Waals surface area contributed by atoms with Gasteiger partial charge in [0.2, 0.25) is 5.88 Å². The summed E-state index contributed by atoms with van der Waals surface area (Å²) in [4.78, 5) is 13.3. The summed E-state index contributed by atoms with van der Waals surface area (Å²) in [5.74, 6) is 0.265. The zero-order chi connectivity index (χ0) is 23.5. The van der Waals surface area contributed by atoms with Crippen molar-refractivity contribution < 1.29 is 14.6 Å². The molecule has 31 heavy (non-hydrogen) atoms. The number of Topliss-reactive ketones (excluding diaryl/α,β-unsaturated/α-hetero) is 1. The Kier molecular flexibility index (Phi) is 5.29. The molecule has 3 rings (SSSR count). The molecule has 1 aliphatic carbocycles. The molecule has 0 radical (unpaired) electrons. The van der Waals surface area contributed by atoms with Crippen LogP contribution in [0.1, 0.15) is 90.8 Å². The van der Waals surface area contributed by atoms with Crippen molar-refractivity contribution in [2.24, 2.45) is 11.1 Å². The molecule has 5 heteroatoms. The Hall–Kier alpha value is -2.74. The molecule has 1 atom stereocenters. The molecular weight excluding hydrogens is 388 g/mol. The van der Waals surface area contributed by atoms with Gasteiger partial charge in [-0.05, 0) is 32.9 Å². The van der Waals surface area contributed by atoms with Crippen LogP contribution >= 0.6 is 0 Å². The zero-order valence-corrected chi connectivity index (χ0v) is 19.9. The lowest BCUT2D eigenvalue weighted by Crippen LogP contribution is -2.33. The third-order valence-corrected chi connectivity index (χ3v) is 6.16. The highest BCUT2D eigenvalue weighted by Gasteiger charge is 2.43. The van der Waals surface area contributed by atoms with E-state index in [1.54, 1.807) is 0 Å². The number of ether oxygens (including phenoxy) is 1. The maximum atomic E-state index is 13.3. The van der Waals surface area contributed by atoms with Crippen molar-refractivity contribution >= 4 is 5.78 Å². The second kappa shape index (κ2) is 7.15. The van der Waals surface area contributed by atoms with Gasteiger partial charge in [-0.25, -0.2) is 0 Å². The van der Waals surface area contributed by atoms with Crippen molar-refractivity contribution in [1.82, 2.24) is 0 Å². The molecule has 0 fully saturated rings. The van der Waals surface area contributed by atoms with E-state index in [4.69, 9.17) is 10.5 Å². The maximum Gasteiger partial charge on any atom is 0.205 e. The number of carbonyl (C=O) groups excluding carboxylic acids is 1. The quantitative estimate of drug-likeness (QED) is 0.628. The summed E-state index contributed by atoms with van der Waals surface area (Å²) in [6.07, 6.45) is 0.973. The summed E-state index contributed by atoms with van der Waals surface area (Å²) in [7, 11) is 0. The van der Waals surface area contributed by atoms with E-state index in [9.17, 15) is 15.2 Å². The van der Waals surface area contributed by atoms with Gasteiger partial charge in [0.25, 0.3) is 0 Å². The van der Waals surface area contributed by atoms with E-state index in [0.29, 0.717) is 24.2 Å². The summed E-state index contributed by atoms with van der Waals surface area (Å²) in [5, 5.41) is 21.0. The van der Waals surface area contributed by atoms with Crippen LogP contribution in [-0.4, -0.2) is 10.9 Å². The molecule has 1 aromatic rings. The van der Waals surface area contributed by atoms with Crippen LogP contribution in [0.25, 0.3) is 0 Å². The molecule has 3 N–H and O–H groups in total. The average Bonchev–Trinajstić information content (AvgIpc) is 2.57. The maximum absolute atomic E-state index is 13.3. The number of benzene rings is 1. The summed E-state index contributed by atoms with van der Waals surface area (Å²) in [5.41, 5.74) is 8.41. The Balaban J connectivity index is 2.35. The van der Waals surface area contributed by atoms with Crippen molar-refractivity contribution in [3.63, 3.8) is 0 Å². The molecule has 1 aliphatic heterocycles. The monoisotopic (exact) mass is 422 g/mol. The van der Waals surface area contributed by atoms with Gasteiger partial charge < -0.3 is 15.6 Å². The molecule has 0 bridgehead atoms. The molecular formula is C26H34N2O3. The van der Waals surface area contributed by atoms with E-state index in [2.05, 4.69) is 6.07 Å². The van der Waals surface area contributed by atoms with Gasteiger partial charge in [-0.3, -0.25) is 4.79 Å². The minimum absolute atomic E-state index is 0.0146. The second-order valence-electron chi connectivity index (χ2n) is 11.7. The van der Waals surface area contributed by atoms with Gasteiger partial charge in [0.1, 0.15) is 23.2 Å². The predicted octanol–water partition coefficient (Wildman–Crippen LogP) is 5.44. The highest BCUT2D eigenvalue weighted by atomic mass is 16.5. The number of nitrogens with zero attached hydrogens (tertiary/aromatic N) is 1. The molecule has 0 saturated heterocycles. The van der Waals surface area contributed by atoms with Crippen molar-refractivity contribution in [2.75, 3.05) is 0 Å². The zero-order valence-electron chi connectivity index (χ0n) is 19.9. The van der Waals surface area contributed by atoms with Crippen LogP contribution in [0, 0.1) is 16.7 Å².